The number of hydrogen-bond acceptors (Lipinski definition) is 6. The fraction of sp³-hybridized carbons (Fsp3) is 0.261. The Labute approximate surface area is 213 Å². The second kappa shape index (κ2) is 11.3. The molecule has 0 spiro atoms. The topological polar surface area (TPSA) is 138 Å². The first-order valence-electron chi connectivity index (χ1n) is 10.6. The summed E-state index contributed by atoms with van der Waals surface area (Å²) in [5.41, 5.74) is 3.02. The van der Waals surface area contributed by atoms with Crippen LogP contribution in [0.15, 0.2) is 42.6 Å². The van der Waals surface area contributed by atoms with Gasteiger partial charge < -0.3 is 20.1 Å². The van der Waals surface area contributed by atoms with E-state index in [-0.39, 0.29) is 18.4 Å². The van der Waals surface area contributed by atoms with Gasteiger partial charge in [-0.1, -0.05) is 17.7 Å². The van der Waals surface area contributed by atoms with Crippen molar-refractivity contribution in [3.63, 3.8) is 0 Å². The highest BCUT2D eigenvalue weighted by Crippen LogP contribution is 2.31. The van der Waals surface area contributed by atoms with Gasteiger partial charge in [0, 0.05) is 24.7 Å². The fourth-order valence-corrected chi connectivity index (χ4v) is 3.53. The third-order valence-electron chi connectivity index (χ3n) is 5.17. The average molecular weight is 540 g/mol. The number of carbonyl (C=O) groups excluding carboxylic acids is 2. The Morgan fingerprint density at radius 1 is 1.19 bits per heavy atom. The maximum atomic E-state index is 12.9. The Morgan fingerprint density at radius 3 is 2.49 bits per heavy atom. The zero-order chi connectivity index (χ0) is 27.3. The van der Waals surface area contributed by atoms with E-state index < -0.39 is 18.1 Å². The van der Waals surface area contributed by atoms with Crippen LogP contribution in [0.1, 0.15) is 15.9 Å². The molecule has 2 aromatic carbocycles. The number of halogens is 4. The number of amides is 2. The Hall–Kier alpha value is -4.13. The summed E-state index contributed by atoms with van der Waals surface area (Å²) >= 11 is 6.07. The zero-order valence-corrected chi connectivity index (χ0v) is 20.2. The van der Waals surface area contributed by atoms with Crippen LogP contribution in [0, 0.1) is 5.92 Å². The first kappa shape index (κ1) is 27.5. The number of anilines is 1. The Morgan fingerprint density at radius 2 is 1.89 bits per heavy atom. The number of nitrogens with zero attached hydrogens (tertiary/aromatic N) is 3. The van der Waals surface area contributed by atoms with E-state index in [1.807, 2.05) is 12.1 Å². The lowest BCUT2D eigenvalue weighted by Gasteiger charge is -2.25. The van der Waals surface area contributed by atoms with Gasteiger partial charge >= 0.3 is 12.1 Å². The number of H-pyrrole nitrogens is 1. The highest BCUT2D eigenvalue weighted by molar-refractivity contribution is 6.30. The van der Waals surface area contributed by atoms with E-state index in [1.54, 1.807) is 44.6 Å². The van der Waals surface area contributed by atoms with Crippen molar-refractivity contribution in [2.24, 2.45) is 5.92 Å². The molecule has 10 nitrogen and oxygen atoms in total. The number of aromatic amines is 1. The lowest BCUT2D eigenvalue weighted by Crippen LogP contribution is -2.33. The first-order valence-corrected chi connectivity index (χ1v) is 11.0. The van der Waals surface area contributed by atoms with Crippen LogP contribution in [0.4, 0.5) is 18.9 Å². The number of carboxylic acids is 1. The largest absolute Gasteiger partial charge is 0.492 e. The maximum Gasteiger partial charge on any atom is 0.490 e. The van der Waals surface area contributed by atoms with Crippen LogP contribution in [-0.4, -0.2) is 70.1 Å². The number of ether oxygens (including phenoxy) is 1. The molecular weight excluding hydrogens is 519 g/mol. The standard InChI is InChI=1S/C21H20ClN5O3.C2HF3O2/c1-27(2)21(29)16-9-12(18-10-23-26-25-18)3-5-17(16)24-20(28)14-7-13-8-15(22)4-6-19(13)30-11-14;3-2(4,5)1(6)7/h3-6,8-10,14H,7,11H2,1-2H3,(H,24,28)(H,23,25,26);(H,6,7). The van der Waals surface area contributed by atoms with Crippen molar-refractivity contribution in [3.8, 4) is 17.0 Å². The smallest absolute Gasteiger partial charge is 0.490 e. The third-order valence-corrected chi connectivity index (χ3v) is 5.40. The molecular formula is C23H21ClF3N5O5. The Bertz CT molecular complexity index is 1300. The minimum atomic E-state index is -5.08. The number of rotatable bonds is 4. The molecule has 3 aromatic rings. The molecule has 0 bridgehead atoms. The molecule has 196 valence electrons. The Balaban J connectivity index is 0.000000479. The minimum absolute atomic E-state index is 0.220. The van der Waals surface area contributed by atoms with Crippen molar-refractivity contribution < 1.29 is 37.4 Å². The van der Waals surface area contributed by atoms with E-state index in [9.17, 15) is 22.8 Å². The van der Waals surface area contributed by atoms with Gasteiger partial charge in [0.25, 0.3) is 5.91 Å². The second-order valence-electron chi connectivity index (χ2n) is 8.07. The molecule has 0 aliphatic carbocycles. The highest BCUT2D eigenvalue weighted by Gasteiger charge is 2.38. The third kappa shape index (κ3) is 6.97. The molecule has 1 unspecified atom stereocenters. The number of carboxylic acid groups (broad SMARTS) is 1. The van der Waals surface area contributed by atoms with Gasteiger partial charge in [0.15, 0.2) is 0 Å². The highest BCUT2D eigenvalue weighted by atomic mass is 35.5. The molecule has 4 rings (SSSR count). The van der Waals surface area contributed by atoms with Crippen LogP contribution in [0.2, 0.25) is 5.02 Å². The number of carbonyl (C=O) groups is 3. The van der Waals surface area contributed by atoms with E-state index in [4.69, 9.17) is 26.2 Å². The lowest BCUT2D eigenvalue weighted by molar-refractivity contribution is -0.192. The molecule has 3 N–H and O–H groups in total. The van der Waals surface area contributed by atoms with Crippen molar-refractivity contribution in [1.82, 2.24) is 20.3 Å². The number of benzene rings is 2. The van der Waals surface area contributed by atoms with Crippen LogP contribution in [0.5, 0.6) is 5.75 Å². The van der Waals surface area contributed by atoms with Crippen LogP contribution < -0.4 is 10.1 Å². The molecule has 0 fully saturated rings. The van der Waals surface area contributed by atoms with Gasteiger partial charge in [-0.05, 0) is 42.3 Å². The molecule has 2 heterocycles. The Kier molecular flexibility index (Phi) is 8.38. The number of alkyl halides is 3. The van der Waals surface area contributed by atoms with Gasteiger partial charge in [0.2, 0.25) is 5.91 Å². The maximum absolute atomic E-state index is 12.9. The van der Waals surface area contributed by atoms with Gasteiger partial charge in [-0.2, -0.15) is 28.6 Å². The van der Waals surface area contributed by atoms with Crippen LogP contribution in [0.25, 0.3) is 11.3 Å². The number of nitrogens with one attached hydrogen (secondary N) is 2. The van der Waals surface area contributed by atoms with E-state index >= 15 is 0 Å². The van der Waals surface area contributed by atoms with Crippen molar-refractivity contribution in [2.45, 2.75) is 12.6 Å². The van der Waals surface area contributed by atoms with Crippen LogP contribution in [0.3, 0.4) is 0 Å². The predicted molar refractivity (Wildman–Crippen MR) is 126 cm³/mol. The van der Waals surface area contributed by atoms with Crippen LogP contribution >= 0.6 is 11.6 Å². The quantitative estimate of drug-likeness (QED) is 0.460. The summed E-state index contributed by atoms with van der Waals surface area (Å²) in [4.78, 5) is 36.0. The molecule has 0 saturated heterocycles. The van der Waals surface area contributed by atoms with Crippen molar-refractivity contribution in [2.75, 3.05) is 26.0 Å². The predicted octanol–water partition coefficient (Wildman–Crippen LogP) is 3.65. The SMILES string of the molecule is CN(C)C(=O)c1cc(-c2cn[nH]n2)ccc1NC(=O)C1COc2ccc(Cl)cc2C1.O=C(O)C(F)(F)F. The van der Waals surface area contributed by atoms with Crippen LogP contribution in [-0.2, 0) is 16.0 Å². The van der Waals surface area contributed by atoms with E-state index in [0.29, 0.717) is 28.4 Å². The first-order chi connectivity index (χ1) is 17.4. The zero-order valence-electron chi connectivity index (χ0n) is 19.5. The van der Waals surface area contributed by atoms with Gasteiger partial charge in [0.1, 0.15) is 18.1 Å². The van der Waals surface area contributed by atoms with Gasteiger partial charge in [-0.25, -0.2) is 4.79 Å². The van der Waals surface area contributed by atoms with E-state index in [1.165, 1.54) is 4.90 Å². The molecule has 1 aliphatic rings. The van der Waals surface area contributed by atoms with Crippen molar-refractivity contribution >= 4 is 35.1 Å². The number of aromatic nitrogens is 3. The molecule has 1 atom stereocenters. The van der Waals surface area contributed by atoms with Crippen molar-refractivity contribution in [3.05, 3.63) is 58.7 Å². The summed E-state index contributed by atoms with van der Waals surface area (Å²) in [6.07, 6.45) is -3.00. The summed E-state index contributed by atoms with van der Waals surface area (Å²) in [6, 6.07) is 10.6. The second-order valence-corrected chi connectivity index (χ2v) is 8.51. The minimum Gasteiger partial charge on any atom is -0.492 e. The lowest BCUT2D eigenvalue weighted by atomic mass is 9.95. The normalized spacial score (nSPS) is 14.4. The molecule has 1 aliphatic heterocycles. The fourth-order valence-electron chi connectivity index (χ4n) is 3.34. The van der Waals surface area contributed by atoms with Crippen molar-refractivity contribution in [1.29, 1.82) is 0 Å². The summed E-state index contributed by atoms with van der Waals surface area (Å²) in [7, 11) is 3.32. The summed E-state index contributed by atoms with van der Waals surface area (Å²) in [5.74, 6) is -2.86. The van der Waals surface area contributed by atoms with Gasteiger partial charge in [-0.3, -0.25) is 9.59 Å². The van der Waals surface area contributed by atoms with E-state index in [0.717, 1.165) is 16.9 Å². The summed E-state index contributed by atoms with van der Waals surface area (Å²) < 4.78 is 37.5. The molecule has 14 heteroatoms. The van der Waals surface area contributed by atoms with Gasteiger partial charge in [-0.15, -0.1) is 0 Å². The van der Waals surface area contributed by atoms with E-state index in [2.05, 4.69) is 20.7 Å². The molecule has 0 radical (unpaired) electrons. The molecule has 2 amide bonds. The van der Waals surface area contributed by atoms with Gasteiger partial charge in [0.05, 0.1) is 23.4 Å². The number of aliphatic carboxylic acids is 1. The number of hydrogen-bond donors (Lipinski definition) is 3. The summed E-state index contributed by atoms with van der Waals surface area (Å²) in [5, 5.41) is 21.0. The summed E-state index contributed by atoms with van der Waals surface area (Å²) in [6.45, 7) is 0.258. The molecule has 37 heavy (non-hydrogen) atoms. The molecule has 0 saturated carbocycles. The number of fused-ring (bicyclic) bond motifs is 1. The monoisotopic (exact) mass is 539 g/mol. The average Bonchev–Trinajstić information content (AvgIpc) is 3.38. The molecule has 1 aromatic heterocycles.